The third-order valence-corrected chi connectivity index (χ3v) is 7.22. The first-order valence-electron chi connectivity index (χ1n) is 10.2. The molecule has 0 aromatic heterocycles. The molecule has 0 radical (unpaired) electrons. The minimum Gasteiger partial charge on any atom is -0.486 e. The van der Waals surface area contributed by atoms with E-state index in [-0.39, 0.29) is 17.3 Å². The smallest absolute Gasteiger partial charge is 0.264 e. The van der Waals surface area contributed by atoms with E-state index in [2.05, 4.69) is 6.92 Å². The largest absolute Gasteiger partial charge is 0.486 e. The Hall–Kier alpha value is -2.74. The number of anilines is 1. The highest BCUT2D eigenvalue weighted by molar-refractivity contribution is 7.92. The summed E-state index contributed by atoms with van der Waals surface area (Å²) in [4.78, 5) is 15.0. The summed E-state index contributed by atoms with van der Waals surface area (Å²) in [5.41, 5.74) is 0.376. The summed E-state index contributed by atoms with van der Waals surface area (Å²) in [7, 11) is -3.94. The Bertz CT molecular complexity index is 1010. The van der Waals surface area contributed by atoms with E-state index in [0.29, 0.717) is 49.4 Å². The molecule has 2 aromatic carbocycles. The van der Waals surface area contributed by atoms with Crippen LogP contribution in [-0.2, 0) is 14.8 Å². The molecule has 2 heterocycles. The summed E-state index contributed by atoms with van der Waals surface area (Å²) in [5.74, 6) is 1.26. The molecule has 0 unspecified atom stereocenters. The van der Waals surface area contributed by atoms with Crippen molar-refractivity contribution in [3.8, 4) is 11.5 Å². The molecule has 160 valence electrons. The Morgan fingerprint density at radius 3 is 2.57 bits per heavy atom. The zero-order chi connectivity index (χ0) is 21.1. The van der Waals surface area contributed by atoms with Crippen molar-refractivity contribution in [2.45, 2.75) is 24.7 Å². The van der Waals surface area contributed by atoms with E-state index in [1.165, 1.54) is 16.4 Å². The number of sulfonamides is 1. The Labute approximate surface area is 177 Å². The van der Waals surface area contributed by atoms with Gasteiger partial charge in [0, 0.05) is 19.2 Å². The number of benzene rings is 2. The van der Waals surface area contributed by atoms with E-state index in [1.54, 1.807) is 41.3 Å². The third-order valence-electron chi connectivity index (χ3n) is 5.43. The van der Waals surface area contributed by atoms with Crippen LogP contribution in [0.3, 0.4) is 0 Å². The molecule has 7 nitrogen and oxygen atoms in total. The fourth-order valence-electron chi connectivity index (χ4n) is 3.86. The molecule has 1 amide bonds. The van der Waals surface area contributed by atoms with E-state index in [4.69, 9.17) is 9.47 Å². The van der Waals surface area contributed by atoms with Crippen LogP contribution in [0.1, 0.15) is 19.8 Å². The first kappa shape index (κ1) is 20.5. The van der Waals surface area contributed by atoms with E-state index < -0.39 is 10.0 Å². The standard InChI is InChI=1S/C22H26N2O5S/c1-17-6-5-11-23(15-17)22(25)16-24(30(26,27)19-7-3-2-4-8-19)18-9-10-20-21(14-18)29-13-12-28-20/h2-4,7-10,14,17H,5-6,11-13,15-16H2,1H3/t17-/m1/s1. The van der Waals surface area contributed by atoms with Gasteiger partial charge in [0.2, 0.25) is 5.91 Å². The van der Waals surface area contributed by atoms with Gasteiger partial charge in [0.1, 0.15) is 19.8 Å². The lowest BCUT2D eigenvalue weighted by atomic mass is 10.0. The van der Waals surface area contributed by atoms with Crippen molar-refractivity contribution in [2.24, 2.45) is 5.92 Å². The van der Waals surface area contributed by atoms with Crippen molar-refractivity contribution >= 4 is 21.6 Å². The number of ether oxygens (including phenoxy) is 2. The topological polar surface area (TPSA) is 76.2 Å². The molecule has 1 fully saturated rings. The molecule has 0 aliphatic carbocycles. The van der Waals surface area contributed by atoms with Crippen molar-refractivity contribution in [3.05, 3.63) is 48.5 Å². The number of piperidine rings is 1. The number of hydrogen-bond acceptors (Lipinski definition) is 5. The zero-order valence-corrected chi connectivity index (χ0v) is 17.8. The summed E-state index contributed by atoms with van der Waals surface area (Å²) in [6.07, 6.45) is 2.01. The quantitative estimate of drug-likeness (QED) is 0.729. The van der Waals surface area contributed by atoms with Gasteiger partial charge in [-0.15, -0.1) is 0 Å². The average molecular weight is 431 g/mol. The molecule has 2 aliphatic rings. The van der Waals surface area contributed by atoms with Crippen LogP contribution in [0.4, 0.5) is 5.69 Å². The molecule has 8 heteroatoms. The molecule has 1 saturated heterocycles. The van der Waals surface area contributed by atoms with Gasteiger partial charge in [-0.1, -0.05) is 25.1 Å². The van der Waals surface area contributed by atoms with Crippen LogP contribution in [0, 0.1) is 5.92 Å². The second kappa shape index (κ2) is 8.55. The molecular weight excluding hydrogens is 404 g/mol. The van der Waals surface area contributed by atoms with Crippen molar-refractivity contribution < 1.29 is 22.7 Å². The maximum Gasteiger partial charge on any atom is 0.264 e. The van der Waals surface area contributed by atoms with Crippen LogP contribution >= 0.6 is 0 Å². The van der Waals surface area contributed by atoms with Gasteiger partial charge in [-0.05, 0) is 43.0 Å². The summed E-state index contributed by atoms with van der Waals surface area (Å²) < 4.78 is 39.3. The van der Waals surface area contributed by atoms with Crippen molar-refractivity contribution in [1.29, 1.82) is 0 Å². The molecule has 0 spiro atoms. The van der Waals surface area contributed by atoms with E-state index in [0.717, 1.165) is 12.8 Å². The monoisotopic (exact) mass is 430 g/mol. The SMILES string of the molecule is C[C@@H]1CCCN(C(=O)CN(c2ccc3c(c2)OCCO3)S(=O)(=O)c2ccccc2)C1. The predicted octanol–water partition coefficient (Wildman–Crippen LogP) is 2.91. The highest BCUT2D eigenvalue weighted by Crippen LogP contribution is 2.35. The summed E-state index contributed by atoms with van der Waals surface area (Å²) in [6.45, 7) is 4.00. The van der Waals surface area contributed by atoms with Crippen LogP contribution in [0.15, 0.2) is 53.4 Å². The lowest BCUT2D eigenvalue weighted by Crippen LogP contribution is -2.46. The van der Waals surface area contributed by atoms with Gasteiger partial charge in [-0.3, -0.25) is 9.10 Å². The van der Waals surface area contributed by atoms with E-state index in [1.807, 2.05) is 0 Å². The lowest BCUT2D eigenvalue weighted by Gasteiger charge is -2.33. The molecule has 1 atom stereocenters. The Balaban J connectivity index is 1.69. The zero-order valence-electron chi connectivity index (χ0n) is 17.0. The molecule has 30 heavy (non-hydrogen) atoms. The number of carbonyl (C=O) groups excluding carboxylic acids is 1. The van der Waals surface area contributed by atoms with Crippen LogP contribution in [0.2, 0.25) is 0 Å². The van der Waals surface area contributed by atoms with Crippen LogP contribution < -0.4 is 13.8 Å². The van der Waals surface area contributed by atoms with Gasteiger partial charge in [0.25, 0.3) is 10.0 Å². The minimum absolute atomic E-state index is 0.139. The number of hydrogen-bond donors (Lipinski definition) is 0. The van der Waals surface area contributed by atoms with Gasteiger partial charge >= 0.3 is 0 Å². The number of rotatable bonds is 5. The normalized spacial score (nSPS) is 18.7. The maximum atomic E-state index is 13.5. The summed E-state index contributed by atoms with van der Waals surface area (Å²) >= 11 is 0. The van der Waals surface area contributed by atoms with Gasteiger partial charge in [-0.25, -0.2) is 8.42 Å². The summed E-state index contributed by atoms with van der Waals surface area (Å²) in [5, 5.41) is 0. The second-order valence-electron chi connectivity index (χ2n) is 7.74. The van der Waals surface area contributed by atoms with Gasteiger partial charge in [0.05, 0.1) is 10.6 Å². The number of nitrogens with zero attached hydrogens (tertiary/aromatic N) is 2. The molecule has 0 N–H and O–H groups in total. The molecule has 2 aliphatic heterocycles. The molecule has 4 rings (SSSR count). The maximum absolute atomic E-state index is 13.5. The minimum atomic E-state index is -3.94. The fraction of sp³-hybridized carbons (Fsp3) is 0.409. The third kappa shape index (κ3) is 4.23. The first-order chi connectivity index (χ1) is 14.4. The molecular formula is C22H26N2O5S. The van der Waals surface area contributed by atoms with Crippen molar-refractivity contribution in [2.75, 3.05) is 37.2 Å². The molecule has 0 saturated carbocycles. The Kier molecular flexibility index (Phi) is 5.85. The lowest BCUT2D eigenvalue weighted by molar-refractivity contribution is -0.131. The van der Waals surface area contributed by atoms with Crippen molar-refractivity contribution in [3.63, 3.8) is 0 Å². The first-order valence-corrected chi connectivity index (χ1v) is 11.6. The summed E-state index contributed by atoms with van der Waals surface area (Å²) in [6, 6.07) is 13.1. The Morgan fingerprint density at radius 1 is 1.10 bits per heavy atom. The number of likely N-dealkylation sites (tertiary alicyclic amines) is 1. The van der Waals surface area contributed by atoms with Gasteiger partial charge in [0.15, 0.2) is 11.5 Å². The van der Waals surface area contributed by atoms with Crippen molar-refractivity contribution in [1.82, 2.24) is 4.90 Å². The predicted molar refractivity (Wildman–Crippen MR) is 113 cm³/mol. The van der Waals surface area contributed by atoms with Gasteiger partial charge < -0.3 is 14.4 Å². The van der Waals surface area contributed by atoms with Gasteiger partial charge in [-0.2, -0.15) is 0 Å². The van der Waals surface area contributed by atoms with Crippen LogP contribution in [0.25, 0.3) is 0 Å². The second-order valence-corrected chi connectivity index (χ2v) is 9.60. The number of fused-ring (bicyclic) bond motifs is 1. The molecule has 0 bridgehead atoms. The molecule has 2 aromatic rings. The fourth-order valence-corrected chi connectivity index (χ4v) is 5.29. The van der Waals surface area contributed by atoms with E-state index >= 15 is 0 Å². The Morgan fingerprint density at radius 2 is 1.83 bits per heavy atom. The highest BCUT2D eigenvalue weighted by Gasteiger charge is 2.31. The number of amides is 1. The van der Waals surface area contributed by atoms with Crippen LogP contribution in [0.5, 0.6) is 11.5 Å². The average Bonchev–Trinajstić information content (AvgIpc) is 2.77. The van der Waals surface area contributed by atoms with Crippen LogP contribution in [-0.4, -0.2) is 52.1 Å². The van der Waals surface area contributed by atoms with E-state index in [9.17, 15) is 13.2 Å². The highest BCUT2D eigenvalue weighted by atomic mass is 32.2. The number of carbonyl (C=O) groups is 1.